The van der Waals surface area contributed by atoms with Crippen molar-refractivity contribution in [1.82, 2.24) is 4.98 Å². The number of hydrogen-bond donors (Lipinski definition) is 2. The molecule has 0 saturated carbocycles. The second-order valence-electron chi connectivity index (χ2n) is 7.47. The van der Waals surface area contributed by atoms with Crippen LogP contribution in [0.3, 0.4) is 0 Å². The predicted molar refractivity (Wildman–Crippen MR) is 116 cm³/mol. The molecule has 2 N–H and O–H groups in total. The Labute approximate surface area is 174 Å². The van der Waals surface area contributed by atoms with Gasteiger partial charge in [0.2, 0.25) is 0 Å². The molecule has 5 heteroatoms. The Morgan fingerprint density at radius 1 is 0.897 bits per heavy atom. The largest absolute Gasteiger partial charge is 0.372 e. The summed E-state index contributed by atoms with van der Waals surface area (Å²) in [5, 5.41) is 7.84. The van der Waals surface area contributed by atoms with Crippen molar-refractivity contribution in [1.29, 1.82) is 0 Å². The Morgan fingerprint density at radius 3 is 2.41 bits per heavy atom. The summed E-state index contributed by atoms with van der Waals surface area (Å²) in [5.41, 5.74) is 5.77. The van der Waals surface area contributed by atoms with Crippen molar-refractivity contribution in [3.05, 3.63) is 100 Å². The number of carbonyl (C=O) groups is 1. The van der Waals surface area contributed by atoms with Crippen molar-refractivity contribution in [2.24, 2.45) is 0 Å². The number of pyridine rings is 1. The van der Waals surface area contributed by atoms with Crippen LogP contribution in [0.15, 0.2) is 84.3 Å². The van der Waals surface area contributed by atoms with Gasteiger partial charge in [-0.2, -0.15) is 0 Å². The minimum atomic E-state index is -0.219. The molecule has 2 aromatic carbocycles. The molecular weight excluding hydrogens is 382 g/mol. The van der Waals surface area contributed by atoms with E-state index < -0.39 is 0 Å². The minimum Gasteiger partial charge on any atom is -0.372 e. The summed E-state index contributed by atoms with van der Waals surface area (Å²) < 4.78 is 0. The van der Waals surface area contributed by atoms with Gasteiger partial charge in [0.25, 0.3) is 0 Å². The molecule has 0 unspecified atom stereocenters. The van der Waals surface area contributed by atoms with Gasteiger partial charge in [-0.05, 0) is 53.8 Å². The Morgan fingerprint density at radius 2 is 1.62 bits per heavy atom. The Hall–Kier alpha value is -3.11. The molecule has 4 nitrogen and oxygen atoms in total. The first kappa shape index (κ1) is 18.0. The zero-order valence-electron chi connectivity index (χ0n) is 15.7. The van der Waals surface area contributed by atoms with Gasteiger partial charge in [-0.1, -0.05) is 41.9 Å². The summed E-state index contributed by atoms with van der Waals surface area (Å²) >= 11 is 6.45. The Kier molecular flexibility index (Phi) is 4.57. The number of benzene rings is 2. The molecule has 0 amide bonds. The highest BCUT2D eigenvalue weighted by Gasteiger charge is 2.36. The van der Waals surface area contributed by atoms with Gasteiger partial charge >= 0.3 is 0 Å². The second-order valence-corrected chi connectivity index (χ2v) is 7.88. The van der Waals surface area contributed by atoms with Gasteiger partial charge in [0, 0.05) is 35.1 Å². The number of Topliss-reactive ketones (excluding diaryl/α,β-unsaturated/α-hetero) is 1. The maximum absolute atomic E-state index is 13.4. The number of ketones is 1. The molecule has 2 atom stereocenters. The quantitative estimate of drug-likeness (QED) is 0.577. The molecule has 1 aliphatic carbocycles. The normalized spacial score (nSPS) is 20.8. The van der Waals surface area contributed by atoms with Gasteiger partial charge in [-0.25, -0.2) is 0 Å². The highest BCUT2D eigenvalue weighted by Crippen LogP contribution is 2.45. The number of carbonyl (C=O) groups excluding carboxylic acids is 1. The number of para-hydroxylation sites is 2. The van der Waals surface area contributed by atoms with E-state index in [9.17, 15) is 4.79 Å². The fraction of sp³-hybridized carbons (Fsp3) is 0.167. The Balaban J connectivity index is 1.62. The molecule has 29 heavy (non-hydrogen) atoms. The van der Waals surface area contributed by atoms with Gasteiger partial charge in [-0.15, -0.1) is 0 Å². The molecule has 5 rings (SSSR count). The highest BCUT2D eigenvalue weighted by atomic mass is 35.5. The van der Waals surface area contributed by atoms with E-state index in [0.717, 1.165) is 40.2 Å². The smallest absolute Gasteiger partial charge is 0.163 e. The first-order valence-corrected chi connectivity index (χ1v) is 10.1. The summed E-state index contributed by atoms with van der Waals surface area (Å²) in [6.07, 6.45) is 4.72. The van der Waals surface area contributed by atoms with Crippen LogP contribution in [0.4, 0.5) is 11.4 Å². The van der Waals surface area contributed by atoms with Gasteiger partial charge < -0.3 is 10.6 Å². The number of rotatable bonds is 2. The Bertz CT molecular complexity index is 1110. The summed E-state index contributed by atoms with van der Waals surface area (Å²) in [5.74, 6) is 0.205. The van der Waals surface area contributed by atoms with Crippen LogP contribution in [-0.2, 0) is 4.79 Å². The van der Waals surface area contributed by atoms with Gasteiger partial charge in [-0.3, -0.25) is 9.78 Å². The number of aromatic nitrogens is 1. The summed E-state index contributed by atoms with van der Waals surface area (Å²) in [4.78, 5) is 17.5. The van der Waals surface area contributed by atoms with Crippen molar-refractivity contribution in [3.63, 3.8) is 0 Å². The number of nitrogens with zero attached hydrogens (tertiary/aromatic N) is 1. The third-order valence-electron chi connectivity index (χ3n) is 5.69. The van der Waals surface area contributed by atoms with Crippen LogP contribution in [0.2, 0.25) is 5.02 Å². The molecule has 0 radical (unpaired) electrons. The minimum absolute atomic E-state index is 0.0609. The summed E-state index contributed by atoms with van der Waals surface area (Å²) in [6.45, 7) is 0. The average molecular weight is 402 g/mol. The zero-order valence-corrected chi connectivity index (χ0v) is 16.5. The first-order valence-electron chi connectivity index (χ1n) is 9.74. The van der Waals surface area contributed by atoms with Crippen molar-refractivity contribution >= 4 is 28.8 Å². The predicted octanol–water partition coefficient (Wildman–Crippen LogP) is 5.71. The standard InChI is InChI=1S/C24H20ClN3O/c25-18-6-2-1-5-17(18)16-13-21-23(22(29)14-16)24(15-9-11-26-12-10-15)28-20-8-4-3-7-19(20)27-21/h1-12,16,24,27-28H,13-14H2/t16-,24+/m1/s1. The van der Waals surface area contributed by atoms with E-state index in [1.54, 1.807) is 12.4 Å². The van der Waals surface area contributed by atoms with Crippen LogP contribution >= 0.6 is 11.6 Å². The lowest BCUT2D eigenvalue weighted by molar-refractivity contribution is -0.116. The third kappa shape index (κ3) is 3.30. The van der Waals surface area contributed by atoms with E-state index in [4.69, 9.17) is 11.6 Å². The number of hydrogen-bond acceptors (Lipinski definition) is 4. The van der Waals surface area contributed by atoms with E-state index in [0.29, 0.717) is 11.4 Å². The van der Waals surface area contributed by atoms with Crippen LogP contribution in [0.25, 0.3) is 0 Å². The van der Waals surface area contributed by atoms with E-state index in [1.165, 1.54) is 0 Å². The molecule has 2 heterocycles. The van der Waals surface area contributed by atoms with Crippen LogP contribution in [0.5, 0.6) is 0 Å². The molecule has 0 fully saturated rings. The van der Waals surface area contributed by atoms with Crippen LogP contribution in [-0.4, -0.2) is 10.8 Å². The van der Waals surface area contributed by atoms with E-state index >= 15 is 0 Å². The monoisotopic (exact) mass is 401 g/mol. The lowest BCUT2D eigenvalue weighted by atomic mass is 9.78. The van der Waals surface area contributed by atoms with Crippen molar-refractivity contribution in [3.8, 4) is 0 Å². The fourth-order valence-corrected chi connectivity index (χ4v) is 4.61. The molecule has 3 aromatic rings. The molecular formula is C24H20ClN3O. The summed E-state index contributed by atoms with van der Waals surface area (Å²) in [6, 6.07) is 19.6. The van der Waals surface area contributed by atoms with E-state index in [-0.39, 0.29) is 17.7 Å². The molecule has 2 aliphatic rings. The van der Waals surface area contributed by atoms with Crippen LogP contribution < -0.4 is 10.6 Å². The number of nitrogens with one attached hydrogen (secondary N) is 2. The van der Waals surface area contributed by atoms with Crippen molar-refractivity contribution in [2.45, 2.75) is 24.8 Å². The van der Waals surface area contributed by atoms with Crippen molar-refractivity contribution < 1.29 is 4.79 Å². The van der Waals surface area contributed by atoms with Gasteiger partial charge in [0.05, 0.1) is 17.4 Å². The molecule has 1 aromatic heterocycles. The lowest BCUT2D eigenvalue weighted by Gasteiger charge is -2.30. The average Bonchev–Trinajstić information content (AvgIpc) is 2.91. The molecule has 0 spiro atoms. The molecule has 144 valence electrons. The highest BCUT2D eigenvalue weighted by molar-refractivity contribution is 6.31. The third-order valence-corrected chi connectivity index (χ3v) is 6.04. The molecule has 0 bridgehead atoms. The maximum atomic E-state index is 13.4. The fourth-order valence-electron chi connectivity index (χ4n) is 4.32. The number of anilines is 2. The van der Waals surface area contributed by atoms with Crippen molar-refractivity contribution in [2.75, 3.05) is 10.6 Å². The number of halogens is 1. The van der Waals surface area contributed by atoms with Gasteiger partial charge in [0.1, 0.15) is 0 Å². The second kappa shape index (κ2) is 7.37. The van der Waals surface area contributed by atoms with E-state index in [2.05, 4.69) is 15.6 Å². The topological polar surface area (TPSA) is 54.0 Å². The van der Waals surface area contributed by atoms with Crippen LogP contribution in [0, 0.1) is 0 Å². The summed E-state index contributed by atoms with van der Waals surface area (Å²) in [7, 11) is 0. The first-order chi connectivity index (χ1) is 14.2. The van der Waals surface area contributed by atoms with E-state index in [1.807, 2.05) is 60.7 Å². The number of allylic oxidation sites excluding steroid dienone is 1. The SMILES string of the molecule is O=C1C[C@H](c2ccccc2Cl)CC2=C1[C@H](c1ccncc1)Nc1ccccc1N2. The lowest BCUT2D eigenvalue weighted by Crippen LogP contribution is -2.27. The number of fused-ring (bicyclic) bond motifs is 1. The molecule has 1 aliphatic heterocycles. The van der Waals surface area contributed by atoms with Gasteiger partial charge in [0.15, 0.2) is 5.78 Å². The molecule has 0 saturated heterocycles. The maximum Gasteiger partial charge on any atom is 0.163 e. The zero-order chi connectivity index (χ0) is 19.8. The van der Waals surface area contributed by atoms with Crippen LogP contribution in [0.1, 0.15) is 35.9 Å².